The van der Waals surface area contributed by atoms with Gasteiger partial charge in [0.25, 0.3) is 0 Å². The molecule has 1 heterocycles. The van der Waals surface area contributed by atoms with Crippen molar-refractivity contribution in [3.05, 3.63) is 23.8 Å². The van der Waals surface area contributed by atoms with Crippen molar-refractivity contribution in [1.29, 1.82) is 0 Å². The predicted molar refractivity (Wildman–Crippen MR) is 79.0 cm³/mol. The summed E-state index contributed by atoms with van der Waals surface area (Å²) < 4.78 is 33.3. The standard InChI is InChI=1S/C14H22N2O3S/c1-10-4-5-11(15)8-13(10)20(17,18)16-12-6-7-19-14(2,3)9-12/h4-5,8,12,16H,6-7,9,15H2,1-3H3. The Balaban J connectivity index is 2.21. The van der Waals surface area contributed by atoms with Crippen molar-refractivity contribution >= 4 is 15.7 Å². The zero-order valence-corrected chi connectivity index (χ0v) is 13.0. The number of nitrogens with two attached hydrogens (primary N) is 1. The normalized spacial score (nSPS) is 22.6. The number of hydrogen-bond donors (Lipinski definition) is 2. The van der Waals surface area contributed by atoms with Crippen LogP contribution < -0.4 is 10.5 Å². The minimum absolute atomic E-state index is 0.107. The number of ether oxygens (including phenoxy) is 1. The third-order valence-corrected chi connectivity index (χ3v) is 5.18. The molecule has 0 bridgehead atoms. The van der Waals surface area contributed by atoms with Crippen molar-refractivity contribution in [2.24, 2.45) is 0 Å². The van der Waals surface area contributed by atoms with Crippen molar-refractivity contribution in [2.75, 3.05) is 12.3 Å². The van der Waals surface area contributed by atoms with Crippen molar-refractivity contribution in [3.63, 3.8) is 0 Å². The Labute approximate surface area is 120 Å². The highest BCUT2D eigenvalue weighted by Crippen LogP contribution is 2.26. The van der Waals surface area contributed by atoms with E-state index >= 15 is 0 Å². The summed E-state index contributed by atoms with van der Waals surface area (Å²) in [5.41, 5.74) is 6.53. The van der Waals surface area contributed by atoms with Crippen LogP contribution in [0.5, 0.6) is 0 Å². The van der Waals surface area contributed by atoms with E-state index in [0.717, 1.165) is 0 Å². The molecule has 1 saturated heterocycles. The lowest BCUT2D eigenvalue weighted by Crippen LogP contribution is -2.45. The second kappa shape index (κ2) is 5.35. The van der Waals surface area contributed by atoms with Crippen LogP contribution in [-0.4, -0.2) is 26.7 Å². The highest BCUT2D eigenvalue weighted by molar-refractivity contribution is 7.89. The summed E-state index contributed by atoms with van der Waals surface area (Å²) >= 11 is 0. The molecule has 1 atom stereocenters. The molecule has 0 aromatic heterocycles. The first kappa shape index (κ1) is 15.3. The van der Waals surface area contributed by atoms with Crippen molar-refractivity contribution in [2.45, 2.75) is 50.2 Å². The van der Waals surface area contributed by atoms with Gasteiger partial charge in [0.2, 0.25) is 10.0 Å². The first-order valence-corrected chi connectivity index (χ1v) is 8.20. The van der Waals surface area contributed by atoms with E-state index in [0.29, 0.717) is 30.7 Å². The van der Waals surface area contributed by atoms with Gasteiger partial charge in [0.05, 0.1) is 10.5 Å². The summed E-state index contributed by atoms with van der Waals surface area (Å²) in [6.07, 6.45) is 1.34. The monoisotopic (exact) mass is 298 g/mol. The molecular formula is C14H22N2O3S. The largest absolute Gasteiger partial charge is 0.399 e. The van der Waals surface area contributed by atoms with Gasteiger partial charge in [0, 0.05) is 18.3 Å². The Bertz CT molecular complexity index is 596. The number of benzene rings is 1. The fourth-order valence-electron chi connectivity index (χ4n) is 2.52. The van der Waals surface area contributed by atoms with Gasteiger partial charge in [-0.3, -0.25) is 0 Å². The number of nitrogen functional groups attached to an aromatic ring is 1. The highest BCUT2D eigenvalue weighted by Gasteiger charge is 2.32. The third kappa shape index (κ3) is 3.50. The van der Waals surface area contributed by atoms with Crippen LogP contribution in [0, 0.1) is 6.92 Å². The van der Waals surface area contributed by atoms with E-state index in [1.165, 1.54) is 6.07 Å². The molecule has 1 fully saturated rings. The van der Waals surface area contributed by atoms with Crippen LogP contribution in [0.3, 0.4) is 0 Å². The second-order valence-corrected chi connectivity index (χ2v) is 7.63. The quantitative estimate of drug-likeness (QED) is 0.834. The van der Waals surface area contributed by atoms with E-state index in [1.807, 2.05) is 13.8 Å². The van der Waals surface area contributed by atoms with Gasteiger partial charge in [0.1, 0.15) is 0 Å². The number of sulfonamides is 1. The van der Waals surface area contributed by atoms with Crippen LogP contribution in [0.15, 0.2) is 23.1 Å². The molecule has 1 aromatic rings. The molecule has 0 aliphatic carbocycles. The summed E-state index contributed by atoms with van der Waals surface area (Å²) in [6, 6.07) is 4.82. The van der Waals surface area contributed by atoms with Gasteiger partial charge in [-0.2, -0.15) is 0 Å². The molecule has 20 heavy (non-hydrogen) atoms. The molecule has 1 aliphatic rings. The number of nitrogens with one attached hydrogen (secondary N) is 1. The SMILES string of the molecule is Cc1ccc(N)cc1S(=O)(=O)NC1CCOC(C)(C)C1. The van der Waals surface area contributed by atoms with Crippen LogP contribution in [-0.2, 0) is 14.8 Å². The molecule has 0 saturated carbocycles. The van der Waals surface area contributed by atoms with Gasteiger partial charge < -0.3 is 10.5 Å². The van der Waals surface area contributed by atoms with Gasteiger partial charge in [0.15, 0.2) is 0 Å². The molecule has 0 spiro atoms. The smallest absolute Gasteiger partial charge is 0.241 e. The molecule has 0 radical (unpaired) electrons. The van der Waals surface area contributed by atoms with Crippen LogP contribution in [0.1, 0.15) is 32.3 Å². The fourth-order valence-corrected chi connectivity index (χ4v) is 4.07. The van der Waals surface area contributed by atoms with Crippen LogP contribution >= 0.6 is 0 Å². The summed E-state index contributed by atoms with van der Waals surface area (Å²) in [6.45, 7) is 6.27. The summed E-state index contributed by atoms with van der Waals surface area (Å²) in [5, 5.41) is 0. The Morgan fingerprint density at radius 1 is 1.40 bits per heavy atom. The first-order valence-electron chi connectivity index (χ1n) is 6.72. The number of rotatable bonds is 3. The minimum atomic E-state index is -3.55. The number of hydrogen-bond acceptors (Lipinski definition) is 4. The maximum Gasteiger partial charge on any atom is 0.241 e. The fraction of sp³-hybridized carbons (Fsp3) is 0.571. The van der Waals surface area contributed by atoms with Gasteiger partial charge in [-0.15, -0.1) is 0 Å². The van der Waals surface area contributed by atoms with Crippen molar-refractivity contribution in [3.8, 4) is 0 Å². The van der Waals surface area contributed by atoms with Gasteiger partial charge >= 0.3 is 0 Å². The molecule has 6 heteroatoms. The first-order chi connectivity index (χ1) is 9.20. The Morgan fingerprint density at radius 2 is 2.10 bits per heavy atom. The summed E-state index contributed by atoms with van der Waals surface area (Å²) in [4.78, 5) is 0.252. The van der Waals surface area contributed by atoms with E-state index in [-0.39, 0.29) is 16.5 Å². The maximum absolute atomic E-state index is 12.5. The third-order valence-electron chi connectivity index (χ3n) is 3.52. The zero-order valence-electron chi connectivity index (χ0n) is 12.1. The molecule has 3 N–H and O–H groups in total. The van der Waals surface area contributed by atoms with E-state index in [4.69, 9.17) is 10.5 Å². The molecule has 2 rings (SSSR count). The topological polar surface area (TPSA) is 81.4 Å². The average molecular weight is 298 g/mol. The summed E-state index contributed by atoms with van der Waals surface area (Å²) in [5.74, 6) is 0. The van der Waals surface area contributed by atoms with E-state index in [1.54, 1.807) is 19.1 Å². The average Bonchev–Trinajstić information content (AvgIpc) is 2.30. The molecule has 5 nitrogen and oxygen atoms in total. The molecule has 1 aromatic carbocycles. The van der Waals surface area contributed by atoms with E-state index in [2.05, 4.69) is 4.72 Å². The lowest BCUT2D eigenvalue weighted by atomic mass is 9.95. The Morgan fingerprint density at radius 3 is 2.75 bits per heavy atom. The zero-order chi connectivity index (χ0) is 15.0. The molecular weight excluding hydrogens is 276 g/mol. The summed E-state index contributed by atoms with van der Waals surface area (Å²) in [7, 11) is -3.55. The second-order valence-electron chi connectivity index (χ2n) is 5.94. The van der Waals surface area contributed by atoms with E-state index in [9.17, 15) is 8.42 Å². The van der Waals surface area contributed by atoms with Gasteiger partial charge in [-0.25, -0.2) is 13.1 Å². The number of anilines is 1. The highest BCUT2D eigenvalue weighted by atomic mass is 32.2. The van der Waals surface area contributed by atoms with Gasteiger partial charge in [-0.05, 0) is 51.3 Å². The molecule has 1 unspecified atom stereocenters. The minimum Gasteiger partial charge on any atom is -0.399 e. The van der Waals surface area contributed by atoms with Crippen molar-refractivity contribution < 1.29 is 13.2 Å². The molecule has 0 amide bonds. The van der Waals surface area contributed by atoms with Crippen LogP contribution in [0.4, 0.5) is 5.69 Å². The molecule has 1 aliphatic heterocycles. The number of aryl methyl sites for hydroxylation is 1. The van der Waals surface area contributed by atoms with E-state index < -0.39 is 10.0 Å². The predicted octanol–water partition coefficient (Wildman–Crippen LogP) is 1.81. The van der Waals surface area contributed by atoms with Crippen LogP contribution in [0.2, 0.25) is 0 Å². The lowest BCUT2D eigenvalue weighted by Gasteiger charge is -2.35. The Hall–Kier alpha value is -1.11. The van der Waals surface area contributed by atoms with Crippen LogP contribution in [0.25, 0.3) is 0 Å². The molecule has 112 valence electrons. The maximum atomic E-state index is 12.5. The lowest BCUT2D eigenvalue weighted by molar-refractivity contribution is -0.0599. The van der Waals surface area contributed by atoms with Gasteiger partial charge in [-0.1, -0.05) is 6.07 Å². The Kier molecular flexibility index (Phi) is 4.09. The van der Waals surface area contributed by atoms with Crippen molar-refractivity contribution in [1.82, 2.24) is 4.72 Å².